The molecule has 0 aromatic carbocycles. The third-order valence-electron chi connectivity index (χ3n) is 1.54. The van der Waals surface area contributed by atoms with Crippen LogP contribution in [0.2, 0.25) is 0 Å². The molecule has 0 N–H and O–H groups in total. The molecule has 0 saturated heterocycles. The number of carbonyl (C=O) groups is 3. The molecule has 0 aliphatic rings. The predicted octanol–water partition coefficient (Wildman–Crippen LogP) is 0.850. The van der Waals surface area contributed by atoms with Crippen LogP contribution in [-0.2, 0) is 23.9 Å². The molecule has 1 atom stereocenters. The molecule has 0 rings (SSSR count). The second-order valence-electron chi connectivity index (χ2n) is 3.31. The van der Waals surface area contributed by atoms with Gasteiger partial charge in [-0.25, -0.2) is 0 Å². The fourth-order valence-corrected chi connectivity index (χ4v) is 0.830. The van der Waals surface area contributed by atoms with Gasteiger partial charge >= 0.3 is 11.9 Å². The molecular formula is C10H16O5. The molecule has 5 nitrogen and oxygen atoms in total. The molecule has 0 saturated carbocycles. The number of rotatable bonds is 6. The van der Waals surface area contributed by atoms with E-state index in [2.05, 4.69) is 4.74 Å². The van der Waals surface area contributed by atoms with Crippen molar-refractivity contribution in [3.8, 4) is 0 Å². The topological polar surface area (TPSA) is 69.7 Å². The molecule has 86 valence electrons. The number of ether oxygens (including phenoxy) is 2. The van der Waals surface area contributed by atoms with Gasteiger partial charge in [0.15, 0.2) is 0 Å². The molecule has 0 aliphatic heterocycles. The smallest absolute Gasteiger partial charge is 0.306 e. The first kappa shape index (κ1) is 13.6. The van der Waals surface area contributed by atoms with Crippen molar-refractivity contribution < 1.29 is 23.9 Å². The van der Waals surface area contributed by atoms with Gasteiger partial charge in [0.25, 0.3) is 0 Å². The van der Waals surface area contributed by atoms with E-state index in [-0.39, 0.29) is 25.2 Å². The number of hydrogen-bond acceptors (Lipinski definition) is 5. The Labute approximate surface area is 88.7 Å². The minimum Gasteiger partial charge on any atom is -0.462 e. The van der Waals surface area contributed by atoms with E-state index in [0.29, 0.717) is 0 Å². The third kappa shape index (κ3) is 8.93. The maximum absolute atomic E-state index is 11.1. The van der Waals surface area contributed by atoms with Crippen molar-refractivity contribution in [1.29, 1.82) is 0 Å². The van der Waals surface area contributed by atoms with Gasteiger partial charge in [0.05, 0.1) is 6.42 Å². The van der Waals surface area contributed by atoms with Gasteiger partial charge in [-0.1, -0.05) is 0 Å². The highest BCUT2D eigenvalue weighted by Gasteiger charge is 2.11. The Bertz CT molecular complexity index is 246. The van der Waals surface area contributed by atoms with Crippen molar-refractivity contribution in [1.82, 2.24) is 0 Å². The van der Waals surface area contributed by atoms with Crippen LogP contribution >= 0.6 is 0 Å². The van der Waals surface area contributed by atoms with E-state index in [0.717, 1.165) is 0 Å². The van der Waals surface area contributed by atoms with E-state index in [1.807, 2.05) is 0 Å². The number of hydrogen-bond donors (Lipinski definition) is 0. The summed E-state index contributed by atoms with van der Waals surface area (Å²) in [7, 11) is 0. The Kier molecular flexibility index (Phi) is 6.33. The lowest BCUT2D eigenvalue weighted by Gasteiger charge is -2.12. The van der Waals surface area contributed by atoms with Gasteiger partial charge in [-0.2, -0.15) is 0 Å². The highest BCUT2D eigenvalue weighted by atomic mass is 16.6. The molecule has 0 bridgehead atoms. The van der Waals surface area contributed by atoms with Gasteiger partial charge in [0, 0.05) is 13.3 Å². The summed E-state index contributed by atoms with van der Waals surface area (Å²) in [5.74, 6) is -0.925. The molecule has 0 amide bonds. The molecule has 0 aromatic rings. The van der Waals surface area contributed by atoms with Crippen molar-refractivity contribution in [2.45, 2.75) is 39.7 Å². The lowest BCUT2D eigenvalue weighted by Crippen LogP contribution is -2.21. The van der Waals surface area contributed by atoms with Crippen molar-refractivity contribution in [3.05, 3.63) is 0 Å². The minimum absolute atomic E-state index is 0.0428. The van der Waals surface area contributed by atoms with Crippen LogP contribution in [0, 0.1) is 0 Å². The molecule has 0 aromatic heterocycles. The summed E-state index contributed by atoms with van der Waals surface area (Å²) >= 11 is 0. The maximum Gasteiger partial charge on any atom is 0.306 e. The molecule has 0 spiro atoms. The molecular weight excluding hydrogens is 200 g/mol. The lowest BCUT2D eigenvalue weighted by molar-refractivity contribution is -0.157. The van der Waals surface area contributed by atoms with Gasteiger partial charge in [-0.15, -0.1) is 0 Å². The van der Waals surface area contributed by atoms with Gasteiger partial charge in [-0.05, 0) is 13.8 Å². The number of carbonyl (C=O) groups excluding carboxylic acids is 3. The van der Waals surface area contributed by atoms with E-state index < -0.39 is 18.0 Å². The van der Waals surface area contributed by atoms with Crippen LogP contribution in [0.25, 0.3) is 0 Å². The number of Topliss-reactive ketones (excluding diaryl/α,β-unsaturated/α-hetero) is 1. The molecule has 0 fully saturated rings. The minimum atomic E-state index is -0.478. The van der Waals surface area contributed by atoms with E-state index >= 15 is 0 Å². The zero-order chi connectivity index (χ0) is 11.8. The zero-order valence-electron chi connectivity index (χ0n) is 9.24. The monoisotopic (exact) mass is 216 g/mol. The van der Waals surface area contributed by atoms with E-state index in [1.54, 1.807) is 6.92 Å². The van der Waals surface area contributed by atoms with Crippen LogP contribution in [0.4, 0.5) is 0 Å². The average molecular weight is 216 g/mol. The molecule has 5 heteroatoms. The Morgan fingerprint density at radius 1 is 1.13 bits per heavy atom. The van der Waals surface area contributed by atoms with Crippen LogP contribution in [-0.4, -0.2) is 30.4 Å². The van der Waals surface area contributed by atoms with Gasteiger partial charge < -0.3 is 14.3 Å². The zero-order valence-corrected chi connectivity index (χ0v) is 9.24. The summed E-state index contributed by atoms with van der Waals surface area (Å²) in [6.07, 6.45) is -0.229. The Balaban J connectivity index is 3.66. The molecule has 15 heavy (non-hydrogen) atoms. The first-order valence-corrected chi connectivity index (χ1v) is 4.74. The number of esters is 2. The summed E-state index contributed by atoms with van der Waals surface area (Å²) in [6.45, 7) is 4.36. The van der Waals surface area contributed by atoms with Gasteiger partial charge in [0.2, 0.25) is 0 Å². The van der Waals surface area contributed by atoms with E-state index in [1.165, 1.54) is 13.8 Å². The summed E-state index contributed by atoms with van der Waals surface area (Å²) in [5.41, 5.74) is 0. The summed E-state index contributed by atoms with van der Waals surface area (Å²) in [5, 5.41) is 0. The predicted molar refractivity (Wildman–Crippen MR) is 52.1 cm³/mol. The summed E-state index contributed by atoms with van der Waals surface area (Å²) < 4.78 is 9.53. The third-order valence-corrected chi connectivity index (χ3v) is 1.54. The summed E-state index contributed by atoms with van der Waals surface area (Å²) in [4.78, 5) is 32.1. The molecule has 1 unspecified atom stereocenters. The van der Waals surface area contributed by atoms with Gasteiger partial charge in [0.1, 0.15) is 18.5 Å². The maximum atomic E-state index is 11.1. The second kappa shape index (κ2) is 6.98. The Hall–Kier alpha value is -1.39. The van der Waals surface area contributed by atoms with E-state index in [9.17, 15) is 14.4 Å². The standard InChI is InChI=1S/C10H16O5/c1-7(11)4-5-10(13)15-8(2)6-14-9(3)12/h8H,4-6H2,1-3H3. The van der Waals surface area contributed by atoms with Crippen LogP contribution < -0.4 is 0 Å². The Morgan fingerprint density at radius 2 is 1.73 bits per heavy atom. The number of ketones is 1. The van der Waals surface area contributed by atoms with Crippen molar-refractivity contribution >= 4 is 17.7 Å². The van der Waals surface area contributed by atoms with Crippen LogP contribution in [0.3, 0.4) is 0 Å². The largest absolute Gasteiger partial charge is 0.462 e. The Morgan fingerprint density at radius 3 is 2.20 bits per heavy atom. The SMILES string of the molecule is CC(=O)CCC(=O)OC(C)COC(C)=O. The normalized spacial score (nSPS) is 11.7. The van der Waals surface area contributed by atoms with Gasteiger partial charge in [-0.3, -0.25) is 9.59 Å². The van der Waals surface area contributed by atoms with Crippen molar-refractivity contribution in [2.24, 2.45) is 0 Å². The lowest BCUT2D eigenvalue weighted by atomic mass is 10.2. The summed E-state index contributed by atoms with van der Waals surface area (Å²) in [6, 6.07) is 0. The van der Waals surface area contributed by atoms with Crippen LogP contribution in [0.15, 0.2) is 0 Å². The fraction of sp³-hybridized carbons (Fsp3) is 0.700. The van der Waals surface area contributed by atoms with Crippen molar-refractivity contribution in [2.75, 3.05) is 6.61 Å². The molecule has 0 aliphatic carbocycles. The first-order valence-electron chi connectivity index (χ1n) is 4.74. The highest BCUT2D eigenvalue weighted by Crippen LogP contribution is 1.99. The average Bonchev–Trinajstić information content (AvgIpc) is 2.11. The first-order chi connectivity index (χ1) is 6.91. The second-order valence-corrected chi connectivity index (χ2v) is 3.31. The van der Waals surface area contributed by atoms with Crippen molar-refractivity contribution in [3.63, 3.8) is 0 Å². The fourth-order valence-electron chi connectivity index (χ4n) is 0.830. The quantitative estimate of drug-likeness (QED) is 0.615. The van der Waals surface area contributed by atoms with Crippen LogP contribution in [0.5, 0.6) is 0 Å². The molecule has 0 heterocycles. The molecule has 0 radical (unpaired) electrons. The van der Waals surface area contributed by atoms with E-state index in [4.69, 9.17) is 4.74 Å². The highest BCUT2D eigenvalue weighted by molar-refractivity contribution is 5.81. The van der Waals surface area contributed by atoms with Crippen LogP contribution in [0.1, 0.15) is 33.6 Å².